The Morgan fingerprint density at radius 1 is 1.46 bits per heavy atom. The van der Waals surface area contributed by atoms with Crippen LogP contribution in [0.15, 0.2) is 24.3 Å². The lowest BCUT2D eigenvalue weighted by molar-refractivity contribution is -0.118. The van der Waals surface area contributed by atoms with Crippen LogP contribution in [0.25, 0.3) is 0 Å². The Bertz CT molecular complexity index is 301. The van der Waals surface area contributed by atoms with Crippen LogP contribution in [0.3, 0.4) is 0 Å². The van der Waals surface area contributed by atoms with Gasteiger partial charge in [-0.3, -0.25) is 4.79 Å². The molecule has 1 unspecified atom stereocenters. The van der Waals surface area contributed by atoms with E-state index in [4.69, 9.17) is 0 Å². The zero-order valence-corrected chi connectivity index (χ0v) is 7.70. The van der Waals surface area contributed by atoms with Crippen LogP contribution in [0.5, 0.6) is 0 Å². The van der Waals surface area contributed by atoms with Gasteiger partial charge in [0, 0.05) is 12.6 Å². The summed E-state index contributed by atoms with van der Waals surface area (Å²) in [6.45, 7) is 1.78. The largest absolute Gasteiger partial charge is 0.341 e. The molecule has 1 rings (SSSR count). The smallest absolute Gasteiger partial charge is 0.209 e. The van der Waals surface area contributed by atoms with E-state index in [0.717, 1.165) is 0 Å². The molecule has 0 N–H and O–H groups in total. The summed E-state index contributed by atoms with van der Waals surface area (Å²) in [6, 6.07) is 6.24. The summed E-state index contributed by atoms with van der Waals surface area (Å²) in [6.07, 6.45) is 0.692. The van der Waals surface area contributed by atoms with Gasteiger partial charge in [-0.25, -0.2) is 4.39 Å². The Kier molecular flexibility index (Phi) is 3.01. The van der Waals surface area contributed by atoms with Crippen LogP contribution in [0.1, 0.15) is 18.5 Å². The molecule has 1 atom stereocenters. The summed E-state index contributed by atoms with van der Waals surface area (Å²) >= 11 is 0. The topological polar surface area (TPSA) is 20.3 Å². The fourth-order valence-electron chi connectivity index (χ4n) is 1.12. The van der Waals surface area contributed by atoms with E-state index < -0.39 is 0 Å². The van der Waals surface area contributed by atoms with Crippen molar-refractivity contribution < 1.29 is 9.18 Å². The van der Waals surface area contributed by atoms with Gasteiger partial charge in [0.05, 0.1) is 6.04 Å². The minimum atomic E-state index is -0.274. The molecule has 0 saturated carbocycles. The number of nitrogens with zero attached hydrogens (tertiary/aromatic N) is 1. The van der Waals surface area contributed by atoms with Crippen molar-refractivity contribution in [2.45, 2.75) is 13.0 Å². The van der Waals surface area contributed by atoms with E-state index in [0.29, 0.717) is 12.0 Å². The molecule has 1 aromatic carbocycles. The molecule has 0 radical (unpaired) electrons. The first-order valence-corrected chi connectivity index (χ1v) is 4.08. The van der Waals surface area contributed by atoms with Crippen LogP contribution in [0, 0.1) is 5.82 Å². The van der Waals surface area contributed by atoms with Crippen LogP contribution >= 0.6 is 0 Å². The molecule has 3 heteroatoms. The molecule has 0 spiro atoms. The zero-order valence-electron chi connectivity index (χ0n) is 7.70. The normalized spacial score (nSPS) is 12.2. The van der Waals surface area contributed by atoms with Crippen LogP contribution in [0.2, 0.25) is 0 Å². The number of hydrogen-bond acceptors (Lipinski definition) is 1. The molecule has 0 saturated heterocycles. The number of amides is 1. The first-order valence-electron chi connectivity index (χ1n) is 4.08. The van der Waals surface area contributed by atoms with Gasteiger partial charge in [-0.2, -0.15) is 0 Å². The molecule has 1 aromatic rings. The van der Waals surface area contributed by atoms with Gasteiger partial charge in [0.1, 0.15) is 5.82 Å². The van der Waals surface area contributed by atoms with Crippen molar-refractivity contribution in [3.8, 4) is 0 Å². The lowest BCUT2D eigenvalue weighted by Gasteiger charge is -2.20. The van der Waals surface area contributed by atoms with E-state index in [-0.39, 0.29) is 11.9 Å². The average Bonchev–Trinajstić information content (AvgIpc) is 2.16. The molecule has 0 aliphatic carbocycles. The maximum atomic E-state index is 13.2. The molecule has 0 aliphatic heterocycles. The highest BCUT2D eigenvalue weighted by molar-refractivity contribution is 5.48. The molecule has 13 heavy (non-hydrogen) atoms. The Balaban J connectivity index is 2.94. The molecule has 1 amide bonds. The molecular formula is C10H12FNO. The van der Waals surface area contributed by atoms with E-state index in [1.54, 1.807) is 32.2 Å². The number of carbonyl (C=O) groups is 1. The Hall–Kier alpha value is -1.38. The van der Waals surface area contributed by atoms with Gasteiger partial charge < -0.3 is 4.90 Å². The second-order valence-corrected chi connectivity index (χ2v) is 2.97. The van der Waals surface area contributed by atoms with Crippen molar-refractivity contribution in [1.29, 1.82) is 0 Å². The van der Waals surface area contributed by atoms with E-state index in [9.17, 15) is 9.18 Å². The fraction of sp³-hybridized carbons (Fsp3) is 0.300. The van der Waals surface area contributed by atoms with E-state index >= 15 is 0 Å². The molecule has 0 heterocycles. The third-order valence-corrected chi connectivity index (χ3v) is 2.13. The molecule has 0 bridgehead atoms. The third kappa shape index (κ3) is 2.05. The van der Waals surface area contributed by atoms with Crippen LogP contribution < -0.4 is 0 Å². The van der Waals surface area contributed by atoms with Gasteiger partial charge in [-0.05, 0) is 13.0 Å². The number of benzene rings is 1. The SMILES string of the molecule is CC(c1ccccc1F)N(C)C=O. The van der Waals surface area contributed by atoms with Crippen molar-refractivity contribution in [3.05, 3.63) is 35.6 Å². The standard InChI is InChI=1S/C10H12FNO/c1-8(12(2)7-13)9-5-3-4-6-10(9)11/h3-8H,1-2H3. The third-order valence-electron chi connectivity index (χ3n) is 2.13. The second kappa shape index (κ2) is 4.03. The van der Waals surface area contributed by atoms with Crippen LogP contribution in [-0.2, 0) is 4.79 Å². The average molecular weight is 181 g/mol. The maximum Gasteiger partial charge on any atom is 0.209 e. The fourth-order valence-corrected chi connectivity index (χ4v) is 1.12. The molecule has 0 aliphatic rings. The highest BCUT2D eigenvalue weighted by Gasteiger charge is 2.12. The van der Waals surface area contributed by atoms with Gasteiger partial charge >= 0.3 is 0 Å². The first-order chi connectivity index (χ1) is 6.16. The summed E-state index contributed by atoms with van der Waals surface area (Å²) in [5.41, 5.74) is 0.539. The molecule has 2 nitrogen and oxygen atoms in total. The van der Waals surface area contributed by atoms with Crippen molar-refractivity contribution >= 4 is 6.41 Å². The number of carbonyl (C=O) groups excluding carboxylic acids is 1. The Morgan fingerprint density at radius 3 is 2.62 bits per heavy atom. The number of halogens is 1. The quantitative estimate of drug-likeness (QED) is 0.653. The summed E-state index contributed by atoms with van der Waals surface area (Å²) in [7, 11) is 1.63. The van der Waals surface area contributed by atoms with Gasteiger partial charge in [-0.1, -0.05) is 18.2 Å². The number of rotatable bonds is 3. The van der Waals surface area contributed by atoms with Crippen LogP contribution in [-0.4, -0.2) is 18.4 Å². The van der Waals surface area contributed by atoms with Crippen molar-refractivity contribution in [1.82, 2.24) is 4.90 Å². The van der Waals surface area contributed by atoms with E-state index in [2.05, 4.69) is 0 Å². The van der Waals surface area contributed by atoms with Crippen molar-refractivity contribution in [3.63, 3.8) is 0 Å². The molecule has 0 fully saturated rings. The van der Waals surface area contributed by atoms with Crippen molar-refractivity contribution in [2.75, 3.05) is 7.05 Å². The Labute approximate surface area is 77.0 Å². The predicted octanol–water partition coefficient (Wildman–Crippen LogP) is 1.97. The van der Waals surface area contributed by atoms with Gasteiger partial charge in [0.15, 0.2) is 0 Å². The zero-order chi connectivity index (χ0) is 9.84. The molecule has 0 aromatic heterocycles. The summed E-state index contributed by atoms with van der Waals surface area (Å²) in [4.78, 5) is 11.9. The van der Waals surface area contributed by atoms with Gasteiger partial charge in [-0.15, -0.1) is 0 Å². The van der Waals surface area contributed by atoms with Crippen LogP contribution in [0.4, 0.5) is 4.39 Å². The minimum absolute atomic E-state index is 0.223. The van der Waals surface area contributed by atoms with E-state index in [1.807, 2.05) is 0 Å². The first kappa shape index (κ1) is 9.71. The van der Waals surface area contributed by atoms with Gasteiger partial charge in [0.25, 0.3) is 0 Å². The summed E-state index contributed by atoms with van der Waals surface area (Å²) in [5, 5.41) is 0. The lowest BCUT2D eigenvalue weighted by atomic mass is 10.1. The highest BCUT2D eigenvalue weighted by Crippen LogP contribution is 2.19. The summed E-state index contributed by atoms with van der Waals surface area (Å²) < 4.78 is 13.2. The molecule has 70 valence electrons. The predicted molar refractivity (Wildman–Crippen MR) is 48.6 cm³/mol. The van der Waals surface area contributed by atoms with E-state index in [1.165, 1.54) is 11.0 Å². The second-order valence-electron chi connectivity index (χ2n) is 2.97. The lowest BCUT2D eigenvalue weighted by Crippen LogP contribution is -2.21. The van der Waals surface area contributed by atoms with Gasteiger partial charge in [0.2, 0.25) is 6.41 Å². The summed E-state index contributed by atoms with van der Waals surface area (Å²) in [5.74, 6) is -0.274. The maximum absolute atomic E-state index is 13.2. The van der Waals surface area contributed by atoms with Crippen molar-refractivity contribution in [2.24, 2.45) is 0 Å². The monoisotopic (exact) mass is 181 g/mol. The number of hydrogen-bond donors (Lipinski definition) is 0. The highest BCUT2D eigenvalue weighted by atomic mass is 19.1. The minimum Gasteiger partial charge on any atom is -0.341 e. The Morgan fingerprint density at radius 2 is 2.08 bits per heavy atom. The molecular weight excluding hydrogens is 169 g/mol.